The molecule has 0 unspecified atom stereocenters. The first-order chi connectivity index (χ1) is 8.60. The second kappa shape index (κ2) is 5.91. The van der Waals surface area contributed by atoms with Gasteiger partial charge in [0.1, 0.15) is 10.9 Å². The van der Waals surface area contributed by atoms with Crippen molar-refractivity contribution < 1.29 is 4.74 Å². The Kier molecular flexibility index (Phi) is 4.49. The molecule has 0 aliphatic rings. The first-order valence-corrected chi connectivity index (χ1v) is 7.32. The molecule has 0 atom stereocenters. The summed E-state index contributed by atoms with van der Waals surface area (Å²) in [4.78, 5) is 4.96. The van der Waals surface area contributed by atoms with Crippen LogP contribution in [0, 0.1) is 0 Å². The fourth-order valence-corrected chi connectivity index (χ4v) is 2.81. The van der Waals surface area contributed by atoms with E-state index in [4.69, 9.17) is 27.9 Å². The van der Waals surface area contributed by atoms with E-state index < -0.39 is 0 Å². The molecule has 96 valence electrons. The molecule has 0 radical (unpaired) electrons. The van der Waals surface area contributed by atoms with E-state index in [9.17, 15) is 0 Å². The van der Waals surface area contributed by atoms with E-state index in [0.717, 1.165) is 10.6 Å². The molecular formula is C13H13Cl2NOS. The molecule has 1 aromatic heterocycles. The maximum atomic E-state index is 5.93. The first kappa shape index (κ1) is 13.7. The minimum Gasteiger partial charge on any atom is -0.431 e. The Morgan fingerprint density at radius 1 is 1.39 bits per heavy atom. The Morgan fingerprint density at radius 3 is 2.78 bits per heavy atom. The van der Waals surface area contributed by atoms with Gasteiger partial charge in [-0.3, -0.25) is 0 Å². The highest BCUT2D eigenvalue weighted by Crippen LogP contribution is 2.33. The van der Waals surface area contributed by atoms with E-state index in [2.05, 4.69) is 24.9 Å². The molecule has 0 N–H and O–H groups in total. The molecule has 2 aromatic rings. The van der Waals surface area contributed by atoms with Crippen molar-refractivity contribution >= 4 is 34.5 Å². The highest BCUT2D eigenvalue weighted by atomic mass is 35.5. The SMILES string of the molecule is CC(C)c1cccc(Oc2nc(Cl)c(CCl)s2)c1. The lowest BCUT2D eigenvalue weighted by atomic mass is 10.0. The van der Waals surface area contributed by atoms with Crippen LogP contribution >= 0.6 is 34.5 Å². The lowest BCUT2D eigenvalue weighted by molar-refractivity contribution is 0.478. The second-order valence-electron chi connectivity index (χ2n) is 4.16. The number of hydrogen-bond donors (Lipinski definition) is 0. The van der Waals surface area contributed by atoms with Gasteiger partial charge in [0.25, 0.3) is 5.19 Å². The summed E-state index contributed by atoms with van der Waals surface area (Å²) < 4.78 is 5.70. The van der Waals surface area contributed by atoms with Crippen LogP contribution in [0.3, 0.4) is 0 Å². The van der Waals surface area contributed by atoms with E-state index in [1.54, 1.807) is 0 Å². The Bertz CT molecular complexity index is 540. The third kappa shape index (κ3) is 3.16. The smallest absolute Gasteiger partial charge is 0.280 e. The third-order valence-electron chi connectivity index (χ3n) is 2.48. The molecule has 1 aromatic carbocycles. The Morgan fingerprint density at radius 2 is 2.17 bits per heavy atom. The van der Waals surface area contributed by atoms with E-state index >= 15 is 0 Å². The molecule has 0 saturated carbocycles. The Hall–Kier alpha value is -0.770. The van der Waals surface area contributed by atoms with Crippen molar-refractivity contribution in [3.63, 3.8) is 0 Å². The molecular weight excluding hydrogens is 289 g/mol. The van der Waals surface area contributed by atoms with Gasteiger partial charge in [-0.1, -0.05) is 48.9 Å². The van der Waals surface area contributed by atoms with Crippen molar-refractivity contribution in [2.45, 2.75) is 25.6 Å². The van der Waals surface area contributed by atoms with Crippen LogP contribution in [0.4, 0.5) is 0 Å². The highest BCUT2D eigenvalue weighted by molar-refractivity contribution is 7.14. The van der Waals surface area contributed by atoms with Crippen molar-refractivity contribution in [3.05, 3.63) is 39.9 Å². The number of thiazole rings is 1. The van der Waals surface area contributed by atoms with E-state index in [-0.39, 0.29) is 0 Å². The van der Waals surface area contributed by atoms with Gasteiger partial charge in [-0.25, -0.2) is 0 Å². The number of benzene rings is 1. The zero-order valence-corrected chi connectivity index (χ0v) is 12.4. The van der Waals surface area contributed by atoms with Crippen molar-refractivity contribution in [2.75, 3.05) is 0 Å². The van der Waals surface area contributed by atoms with Crippen molar-refractivity contribution in [2.24, 2.45) is 0 Å². The molecule has 0 bridgehead atoms. The molecule has 0 aliphatic heterocycles. The lowest BCUT2D eigenvalue weighted by Gasteiger charge is -2.07. The van der Waals surface area contributed by atoms with Crippen LogP contribution in [0.2, 0.25) is 5.15 Å². The topological polar surface area (TPSA) is 22.1 Å². The lowest BCUT2D eigenvalue weighted by Crippen LogP contribution is -1.89. The van der Waals surface area contributed by atoms with Crippen LogP contribution in [-0.2, 0) is 5.88 Å². The van der Waals surface area contributed by atoms with Crippen molar-refractivity contribution in [1.29, 1.82) is 0 Å². The van der Waals surface area contributed by atoms with Crippen LogP contribution in [0.5, 0.6) is 10.9 Å². The van der Waals surface area contributed by atoms with Crippen LogP contribution in [-0.4, -0.2) is 4.98 Å². The van der Waals surface area contributed by atoms with Gasteiger partial charge in [-0.2, -0.15) is 4.98 Å². The van der Waals surface area contributed by atoms with Crippen LogP contribution < -0.4 is 4.74 Å². The number of hydrogen-bond acceptors (Lipinski definition) is 3. The van der Waals surface area contributed by atoms with Crippen molar-refractivity contribution in [1.82, 2.24) is 4.98 Å². The summed E-state index contributed by atoms with van der Waals surface area (Å²) in [6.07, 6.45) is 0. The van der Waals surface area contributed by atoms with Gasteiger partial charge in [0, 0.05) is 0 Å². The Balaban J connectivity index is 2.20. The van der Waals surface area contributed by atoms with Gasteiger partial charge in [0.15, 0.2) is 0 Å². The Labute approximate surface area is 121 Å². The van der Waals surface area contributed by atoms with Gasteiger partial charge in [-0.05, 0) is 23.6 Å². The number of alkyl halides is 1. The minimum absolute atomic E-state index is 0.353. The average molecular weight is 302 g/mol. The third-order valence-corrected chi connectivity index (χ3v) is 4.27. The number of aromatic nitrogens is 1. The molecule has 2 rings (SSSR count). The number of nitrogens with zero attached hydrogens (tertiary/aromatic N) is 1. The summed E-state index contributed by atoms with van der Waals surface area (Å²) in [7, 11) is 0. The summed E-state index contributed by atoms with van der Waals surface area (Å²) in [6.45, 7) is 4.29. The second-order valence-corrected chi connectivity index (χ2v) is 5.83. The highest BCUT2D eigenvalue weighted by Gasteiger charge is 2.10. The molecule has 5 heteroatoms. The standard InChI is InChI=1S/C13H13Cl2NOS/c1-8(2)9-4-3-5-10(6-9)17-13-16-12(15)11(7-14)18-13/h3-6,8H,7H2,1-2H3. The normalized spacial score (nSPS) is 10.9. The maximum Gasteiger partial charge on any atom is 0.280 e. The maximum absolute atomic E-state index is 5.93. The summed E-state index contributed by atoms with van der Waals surface area (Å²) >= 11 is 13.0. The minimum atomic E-state index is 0.353. The summed E-state index contributed by atoms with van der Waals surface area (Å²) in [5, 5.41) is 0.946. The molecule has 1 heterocycles. The predicted molar refractivity (Wildman–Crippen MR) is 77.3 cm³/mol. The van der Waals surface area contributed by atoms with Crippen LogP contribution in [0.15, 0.2) is 24.3 Å². The zero-order chi connectivity index (χ0) is 13.1. The van der Waals surface area contributed by atoms with Gasteiger partial charge in [-0.15, -0.1) is 11.6 Å². The summed E-state index contributed by atoms with van der Waals surface area (Å²) in [6, 6.07) is 7.97. The largest absolute Gasteiger partial charge is 0.431 e. The van der Waals surface area contributed by atoms with Gasteiger partial charge in [0.05, 0.1) is 10.8 Å². The molecule has 2 nitrogen and oxygen atoms in total. The molecule has 0 saturated heterocycles. The first-order valence-electron chi connectivity index (χ1n) is 5.59. The van der Waals surface area contributed by atoms with E-state index in [0.29, 0.717) is 22.1 Å². The molecule has 18 heavy (non-hydrogen) atoms. The monoisotopic (exact) mass is 301 g/mol. The number of ether oxygens (including phenoxy) is 1. The molecule has 0 fully saturated rings. The summed E-state index contributed by atoms with van der Waals surface area (Å²) in [5.74, 6) is 1.59. The molecule has 0 aliphatic carbocycles. The molecule has 0 spiro atoms. The van der Waals surface area contributed by atoms with Crippen molar-refractivity contribution in [3.8, 4) is 10.9 Å². The van der Waals surface area contributed by atoms with E-state index in [1.165, 1.54) is 16.9 Å². The van der Waals surface area contributed by atoms with Gasteiger partial charge < -0.3 is 4.74 Å². The number of halogens is 2. The van der Waals surface area contributed by atoms with Crippen LogP contribution in [0.25, 0.3) is 0 Å². The molecule has 0 amide bonds. The summed E-state index contributed by atoms with van der Waals surface area (Å²) in [5.41, 5.74) is 1.23. The fraction of sp³-hybridized carbons (Fsp3) is 0.308. The average Bonchev–Trinajstić information content (AvgIpc) is 2.69. The number of rotatable bonds is 4. The van der Waals surface area contributed by atoms with Crippen LogP contribution in [0.1, 0.15) is 30.2 Å². The van der Waals surface area contributed by atoms with Gasteiger partial charge in [0.2, 0.25) is 0 Å². The van der Waals surface area contributed by atoms with Gasteiger partial charge >= 0.3 is 0 Å². The zero-order valence-electron chi connectivity index (χ0n) is 10.1. The predicted octanol–water partition coefficient (Wildman–Crippen LogP) is 5.45. The van der Waals surface area contributed by atoms with E-state index in [1.807, 2.05) is 18.2 Å². The quantitative estimate of drug-likeness (QED) is 0.700. The fourth-order valence-electron chi connectivity index (χ4n) is 1.48.